The fraction of sp³-hybridized carbons (Fsp3) is 0.667. The van der Waals surface area contributed by atoms with Gasteiger partial charge in [0.05, 0.1) is 11.4 Å². The van der Waals surface area contributed by atoms with E-state index in [-0.39, 0.29) is 24.1 Å². The number of aromatic amines is 1. The molecule has 0 aliphatic rings. The lowest BCUT2D eigenvalue weighted by molar-refractivity contribution is 0.0895. The number of aromatic nitrogens is 2. The van der Waals surface area contributed by atoms with Crippen LogP contribution in [0.15, 0.2) is 0 Å². The summed E-state index contributed by atoms with van der Waals surface area (Å²) in [6.07, 6.45) is 0.472. The summed E-state index contributed by atoms with van der Waals surface area (Å²) < 4.78 is 0. The molecular formula is C12H22N4O2. The van der Waals surface area contributed by atoms with Crippen molar-refractivity contribution in [3.05, 3.63) is 11.4 Å². The molecule has 0 unspecified atom stereocenters. The van der Waals surface area contributed by atoms with Crippen LogP contribution < -0.4 is 11.1 Å². The first-order valence-corrected chi connectivity index (χ1v) is 6.05. The Labute approximate surface area is 107 Å². The van der Waals surface area contributed by atoms with Crippen LogP contribution in [0.5, 0.6) is 0 Å². The molecule has 1 heterocycles. The predicted octanol–water partition coefficient (Wildman–Crippen LogP) is 1.01. The maximum absolute atomic E-state index is 12.0. The molecule has 0 aliphatic heterocycles. The number of aliphatic hydroxyl groups is 1. The maximum atomic E-state index is 12.0. The molecule has 1 aromatic rings. The normalized spacial score (nSPS) is 11.9. The molecule has 18 heavy (non-hydrogen) atoms. The molecule has 0 spiro atoms. The molecule has 0 radical (unpaired) electrons. The van der Waals surface area contributed by atoms with Gasteiger partial charge in [0.25, 0.3) is 5.91 Å². The quantitative estimate of drug-likeness (QED) is 0.629. The number of H-pyrrole nitrogens is 1. The Kier molecular flexibility index (Phi) is 4.34. The fourth-order valence-electron chi connectivity index (χ4n) is 1.69. The van der Waals surface area contributed by atoms with Gasteiger partial charge in [0.1, 0.15) is 0 Å². The van der Waals surface area contributed by atoms with E-state index in [4.69, 9.17) is 10.8 Å². The highest BCUT2D eigenvalue weighted by Gasteiger charge is 2.25. The van der Waals surface area contributed by atoms with Gasteiger partial charge >= 0.3 is 0 Å². The summed E-state index contributed by atoms with van der Waals surface area (Å²) in [6, 6.07) is 0. The van der Waals surface area contributed by atoms with E-state index in [2.05, 4.69) is 15.5 Å². The molecule has 5 N–H and O–H groups in total. The number of amides is 1. The van der Waals surface area contributed by atoms with Crippen molar-refractivity contribution in [1.29, 1.82) is 0 Å². The third-order valence-electron chi connectivity index (χ3n) is 2.81. The van der Waals surface area contributed by atoms with E-state index in [1.54, 1.807) is 0 Å². The highest BCUT2D eigenvalue weighted by atomic mass is 16.3. The molecule has 0 aliphatic carbocycles. The summed E-state index contributed by atoms with van der Waals surface area (Å²) in [5, 5.41) is 18.5. The van der Waals surface area contributed by atoms with E-state index in [1.165, 1.54) is 0 Å². The second-order valence-corrected chi connectivity index (χ2v) is 5.37. The summed E-state index contributed by atoms with van der Waals surface area (Å²) in [6.45, 7) is 7.64. The number of carbonyl (C=O) groups excluding carboxylic acids is 1. The van der Waals surface area contributed by atoms with E-state index in [0.29, 0.717) is 12.1 Å². The average molecular weight is 254 g/mol. The SMILES string of the molecule is CC(C)c1[nH]nc(C(=O)NC(C)(C)CCO)c1N. The van der Waals surface area contributed by atoms with Gasteiger partial charge in [-0.3, -0.25) is 9.89 Å². The summed E-state index contributed by atoms with van der Waals surface area (Å²) in [7, 11) is 0. The van der Waals surface area contributed by atoms with Crippen LogP contribution in [0.25, 0.3) is 0 Å². The lowest BCUT2D eigenvalue weighted by atomic mass is 10.0. The lowest BCUT2D eigenvalue weighted by Crippen LogP contribution is -2.44. The molecule has 0 aromatic carbocycles. The monoisotopic (exact) mass is 254 g/mol. The Morgan fingerprint density at radius 2 is 2.17 bits per heavy atom. The van der Waals surface area contributed by atoms with Crippen molar-refractivity contribution in [2.24, 2.45) is 0 Å². The van der Waals surface area contributed by atoms with Gasteiger partial charge in [0, 0.05) is 12.1 Å². The second kappa shape index (κ2) is 5.39. The van der Waals surface area contributed by atoms with Gasteiger partial charge in [-0.2, -0.15) is 5.10 Å². The van der Waals surface area contributed by atoms with Crippen molar-refractivity contribution in [1.82, 2.24) is 15.5 Å². The van der Waals surface area contributed by atoms with Crippen LogP contribution in [0.2, 0.25) is 0 Å². The van der Waals surface area contributed by atoms with Gasteiger partial charge in [0.2, 0.25) is 0 Å². The number of nitrogens with two attached hydrogens (primary N) is 1. The number of aliphatic hydroxyl groups excluding tert-OH is 1. The first-order chi connectivity index (χ1) is 8.28. The lowest BCUT2D eigenvalue weighted by Gasteiger charge is -2.24. The van der Waals surface area contributed by atoms with Gasteiger partial charge in [0.15, 0.2) is 5.69 Å². The Hall–Kier alpha value is -1.56. The van der Waals surface area contributed by atoms with Gasteiger partial charge in [-0.25, -0.2) is 0 Å². The summed E-state index contributed by atoms with van der Waals surface area (Å²) in [5.74, 6) is -0.140. The van der Waals surface area contributed by atoms with Crippen LogP contribution in [0.3, 0.4) is 0 Å². The van der Waals surface area contributed by atoms with E-state index in [1.807, 2.05) is 27.7 Å². The van der Waals surface area contributed by atoms with Gasteiger partial charge < -0.3 is 16.2 Å². The highest BCUT2D eigenvalue weighted by molar-refractivity contribution is 5.98. The number of rotatable bonds is 5. The molecule has 1 rings (SSSR count). The number of nitrogens with one attached hydrogen (secondary N) is 2. The number of carbonyl (C=O) groups is 1. The Balaban J connectivity index is 2.85. The number of nitrogen functional groups attached to an aromatic ring is 1. The molecule has 102 valence electrons. The first-order valence-electron chi connectivity index (χ1n) is 6.05. The third kappa shape index (κ3) is 3.22. The molecule has 0 saturated carbocycles. The van der Waals surface area contributed by atoms with Crippen LogP contribution in [0.4, 0.5) is 5.69 Å². The molecule has 1 aromatic heterocycles. The van der Waals surface area contributed by atoms with Crippen molar-refractivity contribution < 1.29 is 9.90 Å². The van der Waals surface area contributed by atoms with E-state index in [9.17, 15) is 4.79 Å². The minimum atomic E-state index is -0.491. The predicted molar refractivity (Wildman–Crippen MR) is 70.3 cm³/mol. The Morgan fingerprint density at radius 1 is 1.56 bits per heavy atom. The first kappa shape index (κ1) is 14.5. The zero-order valence-corrected chi connectivity index (χ0v) is 11.4. The van der Waals surface area contributed by atoms with Crippen LogP contribution >= 0.6 is 0 Å². The van der Waals surface area contributed by atoms with Crippen molar-refractivity contribution in [3.63, 3.8) is 0 Å². The summed E-state index contributed by atoms with van der Waals surface area (Å²) in [4.78, 5) is 12.0. The van der Waals surface area contributed by atoms with Crippen LogP contribution in [0.1, 0.15) is 56.2 Å². The Morgan fingerprint density at radius 3 is 2.61 bits per heavy atom. The zero-order chi connectivity index (χ0) is 13.9. The molecule has 6 nitrogen and oxygen atoms in total. The number of hydrogen-bond donors (Lipinski definition) is 4. The number of hydrogen-bond acceptors (Lipinski definition) is 4. The van der Waals surface area contributed by atoms with Gasteiger partial charge in [-0.05, 0) is 26.2 Å². The minimum Gasteiger partial charge on any atom is -0.396 e. The number of nitrogens with zero attached hydrogens (tertiary/aromatic N) is 1. The van der Waals surface area contributed by atoms with Gasteiger partial charge in [-0.1, -0.05) is 13.8 Å². The average Bonchev–Trinajstić information content (AvgIpc) is 2.58. The molecule has 6 heteroatoms. The summed E-state index contributed by atoms with van der Waals surface area (Å²) in [5.41, 5.74) is 6.77. The second-order valence-electron chi connectivity index (χ2n) is 5.37. The minimum absolute atomic E-state index is 0.0145. The third-order valence-corrected chi connectivity index (χ3v) is 2.81. The van der Waals surface area contributed by atoms with Crippen molar-refractivity contribution >= 4 is 11.6 Å². The van der Waals surface area contributed by atoms with Crippen molar-refractivity contribution in [3.8, 4) is 0 Å². The van der Waals surface area contributed by atoms with Crippen molar-refractivity contribution in [2.45, 2.75) is 45.6 Å². The molecule has 1 amide bonds. The van der Waals surface area contributed by atoms with E-state index in [0.717, 1.165) is 5.69 Å². The molecule has 0 fully saturated rings. The zero-order valence-electron chi connectivity index (χ0n) is 11.4. The molecule has 0 atom stereocenters. The smallest absolute Gasteiger partial charge is 0.274 e. The van der Waals surface area contributed by atoms with Crippen molar-refractivity contribution in [2.75, 3.05) is 12.3 Å². The fourth-order valence-corrected chi connectivity index (χ4v) is 1.69. The molecule has 0 bridgehead atoms. The van der Waals surface area contributed by atoms with E-state index < -0.39 is 5.54 Å². The maximum Gasteiger partial charge on any atom is 0.274 e. The molecular weight excluding hydrogens is 232 g/mol. The number of anilines is 1. The molecule has 0 saturated heterocycles. The Bertz CT molecular complexity index is 424. The van der Waals surface area contributed by atoms with Gasteiger partial charge in [-0.15, -0.1) is 0 Å². The summed E-state index contributed by atoms with van der Waals surface area (Å²) >= 11 is 0. The largest absolute Gasteiger partial charge is 0.396 e. The van der Waals surface area contributed by atoms with Crippen LogP contribution in [-0.2, 0) is 0 Å². The standard InChI is InChI=1S/C12H22N4O2/c1-7(2)9-8(13)10(16-15-9)11(18)14-12(3,4)5-6-17/h7,17H,5-6,13H2,1-4H3,(H,14,18)(H,15,16). The van der Waals surface area contributed by atoms with Crippen LogP contribution in [-0.4, -0.2) is 33.4 Å². The highest BCUT2D eigenvalue weighted by Crippen LogP contribution is 2.22. The van der Waals surface area contributed by atoms with Crippen LogP contribution in [0, 0.1) is 0 Å². The topological polar surface area (TPSA) is 104 Å². The van der Waals surface area contributed by atoms with E-state index >= 15 is 0 Å².